The van der Waals surface area contributed by atoms with Crippen molar-refractivity contribution in [2.45, 2.75) is 13.1 Å². The SMILES string of the molecule is CCOc1cc(/C=C2\C(=O)NC(=S)N(c3cccc(C(F)(F)F)c3)C2=O)cc(Br)c1O. The second kappa shape index (κ2) is 8.67. The van der Waals surface area contributed by atoms with E-state index >= 15 is 0 Å². The van der Waals surface area contributed by atoms with E-state index in [1.165, 1.54) is 24.3 Å². The number of ether oxygens (including phenoxy) is 1. The number of carbonyl (C=O) groups excluding carboxylic acids is 2. The van der Waals surface area contributed by atoms with E-state index in [9.17, 15) is 27.9 Å². The van der Waals surface area contributed by atoms with Crippen LogP contribution in [0.15, 0.2) is 46.4 Å². The minimum atomic E-state index is -4.62. The molecule has 162 valence electrons. The normalized spacial score (nSPS) is 16.0. The molecule has 2 N–H and O–H groups in total. The molecule has 3 rings (SSSR count). The van der Waals surface area contributed by atoms with Crippen LogP contribution in [0.3, 0.4) is 0 Å². The van der Waals surface area contributed by atoms with Gasteiger partial charge in [0.1, 0.15) is 5.57 Å². The molecule has 0 bridgehead atoms. The van der Waals surface area contributed by atoms with Gasteiger partial charge in [0.15, 0.2) is 16.6 Å². The minimum Gasteiger partial charge on any atom is -0.503 e. The Kier molecular flexibility index (Phi) is 6.37. The Morgan fingerprint density at radius 2 is 1.97 bits per heavy atom. The summed E-state index contributed by atoms with van der Waals surface area (Å²) in [6.45, 7) is 1.97. The summed E-state index contributed by atoms with van der Waals surface area (Å²) in [5.74, 6) is -1.73. The summed E-state index contributed by atoms with van der Waals surface area (Å²) in [5, 5.41) is 12.0. The Bertz CT molecular complexity index is 1120. The monoisotopic (exact) mass is 514 g/mol. The molecule has 31 heavy (non-hydrogen) atoms. The maximum absolute atomic E-state index is 13.1. The van der Waals surface area contributed by atoms with E-state index < -0.39 is 23.6 Å². The Labute approximate surface area is 188 Å². The van der Waals surface area contributed by atoms with Gasteiger partial charge in [0.25, 0.3) is 11.8 Å². The molecule has 0 aliphatic carbocycles. The molecule has 6 nitrogen and oxygen atoms in total. The molecule has 1 heterocycles. The van der Waals surface area contributed by atoms with E-state index in [1.807, 2.05) is 0 Å². The van der Waals surface area contributed by atoms with Crippen molar-refractivity contribution in [1.29, 1.82) is 0 Å². The number of nitrogens with one attached hydrogen (secondary N) is 1. The molecule has 2 aromatic rings. The average molecular weight is 515 g/mol. The van der Waals surface area contributed by atoms with Gasteiger partial charge in [0.05, 0.1) is 22.3 Å². The number of phenolic OH excluding ortho intramolecular Hbond substituents is 1. The van der Waals surface area contributed by atoms with Gasteiger partial charge >= 0.3 is 6.18 Å². The van der Waals surface area contributed by atoms with E-state index in [-0.39, 0.29) is 39.0 Å². The Morgan fingerprint density at radius 1 is 1.26 bits per heavy atom. The quantitative estimate of drug-likeness (QED) is 0.359. The van der Waals surface area contributed by atoms with Crippen molar-refractivity contribution in [3.8, 4) is 11.5 Å². The highest BCUT2D eigenvalue weighted by Gasteiger charge is 2.36. The first-order valence-electron chi connectivity index (χ1n) is 8.77. The molecule has 1 aliphatic rings. The summed E-state index contributed by atoms with van der Waals surface area (Å²) >= 11 is 8.18. The number of alkyl halides is 3. The molecule has 2 aromatic carbocycles. The molecule has 0 radical (unpaired) electrons. The van der Waals surface area contributed by atoms with Gasteiger partial charge in [-0.3, -0.25) is 19.8 Å². The number of aromatic hydroxyl groups is 1. The number of benzene rings is 2. The smallest absolute Gasteiger partial charge is 0.416 e. The highest BCUT2D eigenvalue weighted by Crippen LogP contribution is 2.37. The molecule has 0 spiro atoms. The summed E-state index contributed by atoms with van der Waals surface area (Å²) in [4.78, 5) is 26.2. The first-order chi connectivity index (χ1) is 14.5. The summed E-state index contributed by atoms with van der Waals surface area (Å²) in [6.07, 6.45) is -3.39. The fraction of sp³-hybridized carbons (Fsp3) is 0.150. The second-order valence-electron chi connectivity index (χ2n) is 6.29. The van der Waals surface area contributed by atoms with Gasteiger partial charge in [0, 0.05) is 0 Å². The summed E-state index contributed by atoms with van der Waals surface area (Å²) < 4.78 is 44.8. The van der Waals surface area contributed by atoms with Crippen molar-refractivity contribution in [3.63, 3.8) is 0 Å². The van der Waals surface area contributed by atoms with Crippen molar-refractivity contribution in [2.24, 2.45) is 0 Å². The number of nitrogens with zero attached hydrogens (tertiary/aromatic N) is 1. The van der Waals surface area contributed by atoms with Crippen molar-refractivity contribution < 1.29 is 32.6 Å². The number of rotatable bonds is 4. The summed E-state index contributed by atoms with van der Waals surface area (Å²) in [6, 6.07) is 6.91. The largest absolute Gasteiger partial charge is 0.503 e. The maximum atomic E-state index is 13.1. The van der Waals surface area contributed by atoms with Gasteiger partial charge < -0.3 is 9.84 Å². The number of carbonyl (C=O) groups is 2. The van der Waals surface area contributed by atoms with Gasteiger partial charge in [-0.25, -0.2) is 0 Å². The highest BCUT2D eigenvalue weighted by atomic mass is 79.9. The zero-order valence-corrected chi connectivity index (χ0v) is 18.2. The number of phenols is 1. The molecular formula is C20H14BrF3N2O4S. The van der Waals surface area contributed by atoms with E-state index in [2.05, 4.69) is 21.2 Å². The lowest BCUT2D eigenvalue weighted by atomic mass is 10.1. The van der Waals surface area contributed by atoms with Crippen LogP contribution in [0.2, 0.25) is 0 Å². The molecule has 2 amide bonds. The van der Waals surface area contributed by atoms with Crippen molar-refractivity contribution in [3.05, 3.63) is 57.6 Å². The molecule has 1 saturated heterocycles. The molecule has 1 fully saturated rings. The average Bonchev–Trinajstić information content (AvgIpc) is 2.68. The first kappa shape index (κ1) is 22.8. The third-order valence-corrected chi connectivity index (χ3v) is 5.08. The third kappa shape index (κ3) is 4.72. The van der Waals surface area contributed by atoms with E-state index in [0.29, 0.717) is 5.56 Å². The van der Waals surface area contributed by atoms with Crippen LogP contribution >= 0.6 is 28.1 Å². The minimum absolute atomic E-state index is 0.123. The van der Waals surface area contributed by atoms with Gasteiger partial charge in [-0.1, -0.05) is 6.07 Å². The van der Waals surface area contributed by atoms with Crippen LogP contribution in [0.4, 0.5) is 18.9 Å². The third-order valence-electron chi connectivity index (χ3n) is 4.19. The lowest BCUT2D eigenvalue weighted by molar-refractivity contribution is -0.137. The number of hydrogen-bond donors (Lipinski definition) is 2. The Balaban J connectivity index is 2.05. The fourth-order valence-corrected chi connectivity index (χ4v) is 3.56. The van der Waals surface area contributed by atoms with Gasteiger partial charge in [-0.05, 0) is 77.0 Å². The molecule has 0 atom stereocenters. The number of thiocarbonyl (C=S) groups is 1. The summed E-state index contributed by atoms with van der Waals surface area (Å²) in [7, 11) is 0. The van der Waals surface area contributed by atoms with E-state index in [4.69, 9.17) is 17.0 Å². The van der Waals surface area contributed by atoms with Crippen LogP contribution in [-0.2, 0) is 15.8 Å². The lowest BCUT2D eigenvalue weighted by Gasteiger charge is -2.29. The number of halogens is 4. The highest BCUT2D eigenvalue weighted by molar-refractivity contribution is 9.10. The maximum Gasteiger partial charge on any atom is 0.416 e. The van der Waals surface area contributed by atoms with Crippen LogP contribution in [0.1, 0.15) is 18.1 Å². The second-order valence-corrected chi connectivity index (χ2v) is 7.53. The number of amides is 2. The number of hydrogen-bond acceptors (Lipinski definition) is 5. The summed E-state index contributed by atoms with van der Waals surface area (Å²) in [5.41, 5.74) is -1.13. The predicted octanol–water partition coefficient (Wildman–Crippen LogP) is 4.40. The number of anilines is 1. The Hall–Kier alpha value is -2.92. The first-order valence-corrected chi connectivity index (χ1v) is 9.97. The Morgan fingerprint density at radius 3 is 2.61 bits per heavy atom. The predicted molar refractivity (Wildman–Crippen MR) is 115 cm³/mol. The zero-order valence-electron chi connectivity index (χ0n) is 15.8. The van der Waals surface area contributed by atoms with Crippen LogP contribution in [0, 0.1) is 0 Å². The van der Waals surface area contributed by atoms with Crippen LogP contribution in [-0.4, -0.2) is 28.6 Å². The van der Waals surface area contributed by atoms with Gasteiger partial charge in [0.2, 0.25) is 0 Å². The topological polar surface area (TPSA) is 78.9 Å². The molecule has 0 unspecified atom stereocenters. The molecule has 0 saturated carbocycles. The molecular weight excluding hydrogens is 501 g/mol. The standard InChI is InChI=1S/C20H14BrF3N2O4S/c1-2-30-15-8-10(7-14(21)16(15)27)6-13-17(28)25-19(31)26(18(13)29)12-5-3-4-11(9-12)20(22,23)24/h3-9,27H,2H2,1H3,(H,25,28,31)/b13-6+. The van der Waals surface area contributed by atoms with Crippen LogP contribution in [0.5, 0.6) is 11.5 Å². The van der Waals surface area contributed by atoms with Gasteiger partial charge in [-0.2, -0.15) is 13.2 Å². The molecule has 0 aromatic heterocycles. The van der Waals surface area contributed by atoms with Crippen molar-refractivity contribution in [2.75, 3.05) is 11.5 Å². The van der Waals surface area contributed by atoms with Crippen LogP contribution < -0.4 is 15.0 Å². The van der Waals surface area contributed by atoms with Crippen LogP contribution in [0.25, 0.3) is 6.08 Å². The molecule has 1 aliphatic heterocycles. The van der Waals surface area contributed by atoms with E-state index in [1.54, 1.807) is 6.92 Å². The molecule has 11 heteroatoms. The fourth-order valence-electron chi connectivity index (χ4n) is 2.82. The van der Waals surface area contributed by atoms with Gasteiger partial charge in [-0.15, -0.1) is 0 Å². The van der Waals surface area contributed by atoms with Crippen molar-refractivity contribution >= 4 is 56.8 Å². The lowest BCUT2D eigenvalue weighted by Crippen LogP contribution is -2.54. The van der Waals surface area contributed by atoms with Crippen molar-refractivity contribution in [1.82, 2.24) is 5.32 Å². The zero-order chi connectivity index (χ0) is 22.9. The van der Waals surface area contributed by atoms with E-state index in [0.717, 1.165) is 23.1 Å².